The van der Waals surface area contributed by atoms with Crippen molar-refractivity contribution in [1.29, 1.82) is 0 Å². The van der Waals surface area contributed by atoms with Crippen LogP contribution in [0.25, 0.3) is 0 Å². The first kappa shape index (κ1) is 16.2. The van der Waals surface area contributed by atoms with Gasteiger partial charge in [0.15, 0.2) is 0 Å². The lowest BCUT2D eigenvalue weighted by atomic mass is 10.0. The van der Waals surface area contributed by atoms with Crippen LogP contribution < -0.4 is 5.32 Å². The maximum absolute atomic E-state index is 11.7. The Balaban J connectivity index is 2.39. The van der Waals surface area contributed by atoms with Crippen LogP contribution in [-0.4, -0.2) is 28.7 Å². The number of rotatable bonds is 8. The summed E-state index contributed by atoms with van der Waals surface area (Å²) in [5.41, 5.74) is 1.74. The Hall–Kier alpha value is -1.85. The Labute approximate surface area is 118 Å². The highest BCUT2D eigenvalue weighted by Gasteiger charge is 2.17. The van der Waals surface area contributed by atoms with Crippen LogP contribution in [0.5, 0.6) is 0 Å². The molecule has 0 saturated heterocycles. The molecule has 0 aromatic carbocycles. The number of nitrogens with one attached hydrogen (secondary N) is 1. The summed E-state index contributed by atoms with van der Waals surface area (Å²) in [5, 5.41) is 15.5. The number of nitrogens with zero attached hydrogens (tertiary/aromatic N) is 1. The van der Waals surface area contributed by atoms with Crippen molar-refractivity contribution in [2.24, 2.45) is 5.92 Å². The van der Waals surface area contributed by atoms with Crippen molar-refractivity contribution in [2.45, 2.75) is 46.5 Å². The normalized spacial score (nSPS) is 12.2. The van der Waals surface area contributed by atoms with Gasteiger partial charge in [0.05, 0.1) is 11.6 Å². The fraction of sp³-hybridized carbons (Fsp3) is 0.643. The van der Waals surface area contributed by atoms with Gasteiger partial charge in [-0.25, -0.2) is 0 Å². The van der Waals surface area contributed by atoms with Gasteiger partial charge in [0.25, 0.3) is 0 Å². The van der Waals surface area contributed by atoms with Crippen LogP contribution >= 0.6 is 0 Å². The zero-order chi connectivity index (χ0) is 15.1. The minimum atomic E-state index is -0.863. The quantitative estimate of drug-likeness (QED) is 0.759. The highest BCUT2D eigenvalue weighted by atomic mass is 16.5. The number of amides is 1. The molecule has 1 atom stereocenters. The molecule has 1 aromatic rings. The summed E-state index contributed by atoms with van der Waals surface area (Å²) in [6, 6.07) is 0. The van der Waals surface area contributed by atoms with Crippen LogP contribution in [-0.2, 0) is 16.0 Å². The Kier molecular flexibility index (Phi) is 6.21. The van der Waals surface area contributed by atoms with Crippen LogP contribution in [0.4, 0.5) is 0 Å². The lowest BCUT2D eigenvalue weighted by Gasteiger charge is -2.12. The standard InChI is InChI=1S/C14H22N2O4/c1-4-5-11(14(18)19)8-15-13(17)7-6-12-9(2)16-20-10(12)3/h11H,4-8H2,1-3H3,(H,15,17)(H,18,19). The van der Waals surface area contributed by atoms with Crippen LogP contribution in [0.2, 0.25) is 0 Å². The molecule has 0 saturated carbocycles. The second kappa shape index (κ2) is 7.67. The molecule has 0 bridgehead atoms. The highest BCUT2D eigenvalue weighted by Crippen LogP contribution is 2.14. The first-order valence-electron chi connectivity index (χ1n) is 6.87. The number of carboxylic acids is 1. The number of carboxylic acid groups (broad SMARTS) is 1. The molecule has 20 heavy (non-hydrogen) atoms. The monoisotopic (exact) mass is 282 g/mol. The van der Waals surface area contributed by atoms with Crippen LogP contribution in [0, 0.1) is 19.8 Å². The van der Waals surface area contributed by atoms with E-state index in [1.54, 1.807) is 0 Å². The lowest BCUT2D eigenvalue weighted by molar-refractivity contribution is -0.141. The predicted molar refractivity (Wildman–Crippen MR) is 73.3 cm³/mol. The molecule has 1 rings (SSSR count). The van der Waals surface area contributed by atoms with Crippen molar-refractivity contribution >= 4 is 11.9 Å². The number of hydrogen-bond acceptors (Lipinski definition) is 4. The first-order chi connectivity index (χ1) is 9.45. The van der Waals surface area contributed by atoms with E-state index in [2.05, 4.69) is 10.5 Å². The average Bonchev–Trinajstić information content (AvgIpc) is 2.71. The van der Waals surface area contributed by atoms with Gasteiger partial charge in [-0.15, -0.1) is 0 Å². The van der Waals surface area contributed by atoms with Crippen molar-refractivity contribution in [3.05, 3.63) is 17.0 Å². The van der Waals surface area contributed by atoms with E-state index in [9.17, 15) is 9.59 Å². The zero-order valence-electron chi connectivity index (χ0n) is 12.2. The third-order valence-corrected chi connectivity index (χ3v) is 3.32. The van der Waals surface area contributed by atoms with Crippen molar-refractivity contribution in [3.8, 4) is 0 Å². The molecular weight excluding hydrogens is 260 g/mol. The summed E-state index contributed by atoms with van der Waals surface area (Å²) in [7, 11) is 0. The molecule has 0 fully saturated rings. The second-order valence-electron chi connectivity index (χ2n) is 4.93. The maximum Gasteiger partial charge on any atom is 0.308 e. The van der Waals surface area contributed by atoms with E-state index < -0.39 is 11.9 Å². The van der Waals surface area contributed by atoms with E-state index in [0.717, 1.165) is 23.4 Å². The molecule has 6 nitrogen and oxygen atoms in total. The summed E-state index contributed by atoms with van der Waals surface area (Å²) in [5.74, 6) is -0.794. The molecule has 1 aromatic heterocycles. The number of aryl methyl sites for hydroxylation is 2. The summed E-state index contributed by atoms with van der Waals surface area (Å²) >= 11 is 0. The number of hydrogen-bond donors (Lipinski definition) is 2. The van der Waals surface area contributed by atoms with E-state index >= 15 is 0 Å². The number of carbonyl (C=O) groups excluding carboxylic acids is 1. The minimum absolute atomic E-state index is 0.146. The third kappa shape index (κ3) is 4.68. The summed E-state index contributed by atoms with van der Waals surface area (Å²) in [6.07, 6.45) is 2.21. The van der Waals surface area contributed by atoms with E-state index in [-0.39, 0.29) is 12.5 Å². The molecule has 112 valence electrons. The van der Waals surface area contributed by atoms with Gasteiger partial charge >= 0.3 is 5.97 Å². The van der Waals surface area contributed by atoms with Crippen molar-refractivity contribution in [1.82, 2.24) is 10.5 Å². The van der Waals surface area contributed by atoms with E-state index in [4.69, 9.17) is 9.63 Å². The lowest BCUT2D eigenvalue weighted by Crippen LogP contribution is -2.33. The number of aromatic nitrogens is 1. The van der Waals surface area contributed by atoms with Gasteiger partial charge in [-0.2, -0.15) is 0 Å². The summed E-state index contributed by atoms with van der Waals surface area (Å²) in [4.78, 5) is 22.7. The predicted octanol–water partition coefficient (Wildman–Crippen LogP) is 1.84. The van der Waals surface area contributed by atoms with Crippen molar-refractivity contribution in [3.63, 3.8) is 0 Å². The van der Waals surface area contributed by atoms with E-state index in [1.165, 1.54) is 0 Å². The molecule has 0 aliphatic heterocycles. The van der Waals surface area contributed by atoms with Gasteiger partial charge in [0.1, 0.15) is 5.76 Å². The van der Waals surface area contributed by atoms with Gasteiger partial charge in [-0.05, 0) is 26.7 Å². The third-order valence-electron chi connectivity index (χ3n) is 3.32. The fourth-order valence-corrected chi connectivity index (χ4v) is 2.08. The Morgan fingerprint density at radius 1 is 1.40 bits per heavy atom. The Bertz CT molecular complexity index is 448. The molecule has 0 spiro atoms. The maximum atomic E-state index is 11.7. The fourth-order valence-electron chi connectivity index (χ4n) is 2.08. The zero-order valence-corrected chi connectivity index (χ0v) is 12.2. The van der Waals surface area contributed by atoms with Crippen LogP contribution in [0.3, 0.4) is 0 Å². The van der Waals surface area contributed by atoms with Crippen LogP contribution in [0.1, 0.15) is 43.2 Å². The smallest absolute Gasteiger partial charge is 0.308 e. The van der Waals surface area contributed by atoms with Gasteiger partial charge in [0, 0.05) is 18.5 Å². The van der Waals surface area contributed by atoms with E-state index in [1.807, 2.05) is 20.8 Å². The highest BCUT2D eigenvalue weighted by molar-refractivity contribution is 5.77. The SMILES string of the molecule is CCCC(CNC(=O)CCc1c(C)noc1C)C(=O)O. The molecule has 0 radical (unpaired) electrons. The molecule has 1 unspecified atom stereocenters. The Morgan fingerprint density at radius 2 is 2.10 bits per heavy atom. The topological polar surface area (TPSA) is 92.4 Å². The molecule has 0 aliphatic rings. The average molecular weight is 282 g/mol. The number of aliphatic carboxylic acids is 1. The van der Waals surface area contributed by atoms with Gasteiger partial charge < -0.3 is 14.9 Å². The van der Waals surface area contributed by atoms with Gasteiger partial charge in [0.2, 0.25) is 5.91 Å². The van der Waals surface area contributed by atoms with E-state index in [0.29, 0.717) is 19.3 Å². The van der Waals surface area contributed by atoms with Gasteiger partial charge in [-0.3, -0.25) is 9.59 Å². The Morgan fingerprint density at radius 3 is 2.60 bits per heavy atom. The molecule has 6 heteroatoms. The largest absolute Gasteiger partial charge is 0.481 e. The molecule has 1 amide bonds. The second-order valence-corrected chi connectivity index (χ2v) is 4.93. The molecular formula is C14H22N2O4. The van der Waals surface area contributed by atoms with Gasteiger partial charge in [-0.1, -0.05) is 18.5 Å². The molecule has 2 N–H and O–H groups in total. The molecule has 0 aliphatic carbocycles. The minimum Gasteiger partial charge on any atom is -0.481 e. The molecule has 1 heterocycles. The van der Waals surface area contributed by atoms with Crippen molar-refractivity contribution < 1.29 is 19.2 Å². The van der Waals surface area contributed by atoms with Crippen molar-refractivity contribution in [2.75, 3.05) is 6.54 Å². The van der Waals surface area contributed by atoms with Crippen LogP contribution in [0.15, 0.2) is 4.52 Å². The summed E-state index contributed by atoms with van der Waals surface area (Å²) in [6.45, 7) is 5.76. The summed E-state index contributed by atoms with van der Waals surface area (Å²) < 4.78 is 5.03. The number of carbonyl (C=O) groups is 2. The first-order valence-corrected chi connectivity index (χ1v) is 6.87.